The van der Waals surface area contributed by atoms with Gasteiger partial charge in [-0.15, -0.1) is 6.58 Å². The van der Waals surface area contributed by atoms with Crippen LogP contribution in [0.25, 0.3) is 17.2 Å². The highest BCUT2D eigenvalue weighted by Crippen LogP contribution is 2.37. The first-order chi connectivity index (χ1) is 11.7. The van der Waals surface area contributed by atoms with E-state index in [4.69, 9.17) is 5.11 Å². The van der Waals surface area contributed by atoms with Gasteiger partial charge in [0.1, 0.15) is 0 Å². The van der Waals surface area contributed by atoms with Gasteiger partial charge in [-0.1, -0.05) is 30.3 Å². The number of halogens is 3. The van der Waals surface area contributed by atoms with Crippen molar-refractivity contribution in [2.45, 2.75) is 19.5 Å². The monoisotopic (exact) mass is 346 g/mol. The lowest BCUT2D eigenvalue weighted by Gasteiger charge is -2.18. The van der Waals surface area contributed by atoms with Crippen LogP contribution in [0.5, 0.6) is 0 Å². The van der Waals surface area contributed by atoms with Gasteiger partial charge in [-0.3, -0.25) is 0 Å². The van der Waals surface area contributed by atoms with Crippen LogP contribution in [0.15, 0.2) is 55.1 Å². The Morgan fingerprint density at radius 3 is 2.56 bits per heavy atom. The Labute approximate surface area is 143 Å². The molecule has 0 spiro atoms. The first-order valence-electron chi connectivity index (χ1n) is 7.56. The van der Waals surface area contributed by atoms with Gasteiger partial charge >= 0.3 is 12.1 Å². The van der Waals surface area contributed by atoms with Crippen LogP contribution in [0, 0.1) is 6.92 Å². The molecule has 0 radical (unpaired) electrons. The maximum atomic E-state index is 13.2. The lowest BCUT2D eigenvalue weighted by atomic mass is 9.90. The molecule has 0 fully saturated rings. The molecule has 0 aliphatic carbocycles. The van der Waals surface area contributed by atoms with E-state index in [0.717, 1.165) is 17.7 Å². The third-order valence-electron chi connectivity index (χ3n) is 3.87. The second-order valence-electron chi connectivity index (χ2n) is 5.55. The van der Waals surface area contributed by atoms with Crippen LogP contribution >= 0.6 is 0 Å². The Balaban J connectivity index is 2.57. The fourth-order valence-corrected chi connectivity index (χ4v) is 2.72. The molecular weight excluding hydrogens is 329 g/mol. The molecule has 0 bridgehead atoms. The highest BCUT2D eigenvalue weighted by molar-refractivity contribution is 5.85. The first-order valence-corrected chi connectivity index (χ1v) is 7.56. The van der Waals surface area contributed by atoms with Crippen LogP contribution in [0.4, 0.5) is 13.2 Å². The van der Waals surface area contributed by atoms with E-state index in [9.17, 15) is 18.0 Å². The number of aliphatic carboxylic acids is 1. The fourth-order valence-electron chi connectivity index (χ4n) is 2.72. The maximum Gasteiger partial charge on any atom is 0.416 e. The Morgan fingerprint density at radius 1 is 1.24 bits per heavy atom. The van der Waals surface area contributed by atoms with E-state index >= 15 is 0 Å². The predicted octanol–water partition coefficient (Wildman–Crippen LogP) is 5.51. The van der Waals surface area contributed by atoms with Crippen molar-refractivity contribution in [3.8, 4) is 11.1 Å². The number of carbonyl (C=O) groups is 1. The molecule has 0 aliphatic heterocycles. The third-order valence-corrected chi connectivity index (χ3v) is 3.87. The van der Waals surface area contributed by atoms with Gasteiger partial charge in [-0.25, -0.2) is 4.79 Å². The lowest BCUT2D eigenvalue weighted by molar-refractivity contribution is -0.138. The van der Waals surface area contributed by atoms with Crippen LogP contribution in [0.2, 0.25) is 0 Å². The largest absolute Gasteiger partial charge is 0.478 e. The molecule has 130 valence electrons. The Bertz CT molecular complexity index is 833. The molecule has 0 aliphatic rings. The zero-order chi connectivity index (χ0) is 18.6. The molecule has 0 saturated carbocycles. The van der Waals surface area contributed by atoms with E-state index in [-0.39, 0.29) is 12.0 Å². The van der Waals surface area contributed by atoms with Crippen molar-refractivity contribution in [1.82, 2.24) is 0 Å². The van der Waals surface area contributed by atoms with E-state index in [1.807, 2.05) is 0 Å². The molecule has 2 nitrogen and oxygen atoms in total. The van der Waals surface area contributed by atoms with E-state index in [0.29, 0.717) is 16.7 Å². The average Bonchev–Trinajstić information content (AvgIpc) is 2.54. The van der Waals surface area contributed by atoms with Gasteiger partial charge in [0.05, 0.1) is 5.56 Å². The molecule has 0 heterocycles. The minimum Gasteiger partial charge on any atom is -0.478 e. The van der Waals surface area contributed by atoms with Crippen LogP contribution in [0.1, 0.15) is 22.3 Å². The van der Waals surface area contributed by atoms with Crippen LogP contribution < -0.4 is 0 Å². The summed E-state index contributed by atoms with van der Waals surface area (Å²) in [7, 11) is 0. The molecule has 0 aromatic heterocycles. The number of benzene rings is 2. The Morgan fingerprint density at radius 2 is 1.96 bits per heavy atom. The number of alkyl halides is 3. The van der Waals surface area contributed by atoms with Crippen molar-refractivity contribution in [3.05, 3.63) is 77.4 Å². The first kappa shape index (κ1) is 18.5. The summed E-state index contributed by atoms with van der Waals surface area (Å²) in [6.07, 6.45) is -0.397. The summed E-state index contributed by atoms with van der Waals surface area (Å²) < 4.78 is 39.7. The second kappa shape index (κ2) is 7.38. The number of hydrogen-bond donors (Lipinski definition) is 1. The summed E-state index contributed by atoms with van der Waals surface area (Å²) in [5, 5.41) is 8.70. The zero-order valence-corrected chi connectivity index (χ0v) is 13.6. The second-order valence-corrected chi connectivity index (χ2v) is 5.55. The quantitative estimate of drug-likeness (QED) is 0.573. The smallest absolute Gasteiger partial charge is 0.416 e. The molecule has 0 unspecified atom stereocenters. The van der Waals surface area contributed by atoms with Gasteiger partial charge in [0.2, 0.25) is 0 Å². The Hall–Kier alpha value is -2.82. The number of rotatable bonds is 5. The summed E-state index contributed by atoms with van der Waals surface area (Å²) in [4.78, 5) is 10.6. The van der Waals surface area contributed by atoms with Crippen molar-refractivity contribution < 1.29 is 23.1 Å². The van der Waals surface area contributed by atoms with E-state index in [2.05, 4.69) is 6.58 Å². The van der Waals surface area contributed by atoms with Gasteiger partial charge in [-0.05, 0) is 59.4 Å². The molecule has 5 heteroatoms. The number of carboxylic acid groups (broad SMARTS) is 1. The average molecular weight is 346 g/mol. The van der Waals surface area contributed by atoms with Gasteiger partial charge in [0.15, 0.2) is 0 Å². The van der Waals surface area contributed by atoms with Crippen molar-refractivity contribution in [1.29, 1.82) is 0 Å². The van der Waals surface area contributed by atoms with Crippen LogP contribution in [-0.2, 0) is 17.4 Å². The molecule has 1 N–H and O–H groups in total. The molecule has 2 aromatic carbocycles. The number of hydrogen-bond acceptors (Lipinski definition) is 1. The zero-order valence-electron chi connectivity index (χ0n) is 13.6. The number of carboxylic acids is 1. The highest BCUT2D eigenvalue weighted by atomic mass is 19.4. The van der Waals surface area contributed by atoms with Crippen molar-refractivity contribution in [2.75, 3.05) is 0 Å². The summed E-state index contributed by atoms with van der Waals surface area (Å²) in [6.45, 7) is 5.20. The van der Waals surface area contributed by atoms with Crippen molar-refractivity contribution >= 4 is 12.0 Å². The van der Waals surface area contributed by atoms with Crippen molar-refractivity contribution in [3.63, 3.8) is 0 Å². The van der Waals surface area contributed by atoms with Gasteiger partial charge < -0.3 is 5.11 Å². The minimum absolute atomic E-state index is 0.118. The number of allylic oxidation sites excluding steroid dienone is 1. The molecule has 2 rings (SSSR count). The minimum atomic E-state index is -4.42. The molecule has 0 saturated heterocycles. The topological polar surface area (TPSA) is 37.3 Å². The van der Waals surface area contributed by atoms with Gasteiger partial charge in [-0.2, -0.15) is 13.2 Å². The molecule has 0 amide bonds. The van der Waals surface area contributed by atoms with Gasteiger partial charge in [0.25, 0.3) is 0 Å². The maximum absolute atomic E-state index is 13.2. The summed E-state index contributed by atoms with van der Waals surface area (Å²) >= 11 is 0. The lowest BCUT2D eigenvalue weighted by Crippen LogP contribution is -2.10. The normalized spacial score (nSPS) is 11.7. The van der Waals surface area contributed by atoms with Crippen LogP contribution in [0.3, 0.4) is 0 Å². The predicted molar refractivity (Wildman–Crippen MR) is 92.2 cm³/mol. The fraction of sp³-hybridized carbons (Fsp3) is 0.150. The molecule has 2 aromatic rings. The third kappa shape index (κ3) is 4.38. The Kier molecular flexibility index (Phi) is 5.47. The van der Waals surface area contributed by atoms with E-state index < -0.39 is 17.7 Å². The summed E-state index contributed by atoms with van der Waals surface area (Å²) in [6, 6.07) is 9.53. The highest BCUT2D eigenvalue weighted by Gasteiger charge is 2.34. The summed E-state index contributed by atoms with van der Waals surface area (Å²) in [5.74, 6) is -1.07. The summed E-state index contributed by atoms with van der Waals surface area (Å²) in [5.41, 5.74) is 2.14. The van der Waals surface area contributed by atoms with E-state index in [1.165, 1.54) is 18.2 Å². The standard InChI is InChI=1S/C20H17F3O2/c1-3-5-17-13(2)16(9-10-18(17)20(21,22)23)15-7-4-6-14(12-15)8-11-19(24)25/h3-4,6-12H,1,5H2,2H3,(H,24,25)/b11-8+. The SMILES string of the molecule is C=CCc1c(C(F)(F)F)ccc(-c2cccc(/C=C/C(=O)O)c2)c1C. The van der Waals surface area contributed by atoms with Crippen LogP contribution in [-0.4, -0.2) is 11.1 Å². The van der Waals surface area contributed by atoms with E-state index in [1.54, 1.807) is 31.2 Å². The molecule has 0 atom stereocenters. The molecule has 25 heavy (non-hydrogen) atoms. The van der Waals surface area contributed by atoms with Gasteiger partial charge in [0, 0.05) is 6.08 Å². The van der Waals surface area contributed by atoms with Crippen molar-refractivity contribution in [2.24, 2.45) is 0 Å². The molecular formula is C20H17F3O2.